The van der Waals surface area contributed by atoms with Gasteiger partial charge in [0.1, 0.15) is 22.7 Å². The van der Waals surface area contributed by atoms with Crippen LogP contribution in [0.4, 0.5) is 4.79 Å². The van der Waals surface area contributed by atoms with Crippen molar-refractivity contribution >= 4 is 23.0 Å². The molecule has 7 nitrogen and oxygen atoms in total. The molecule has 156 valence electrons. The van der Waals surface area contributed by atoms with E-state index in [1.54, 1.807) is 27.9 Å². The van der Waals surface area contributed by atoms with Crippen molar-refractivity contribution in [3.63, 3.8) is 0 Å². The van der Waals surface area contributed by atoms with Crippen LogP contribution in [0, 0.1) is 0 Å². The lowest BCUT2D eigenvalue weighted by molar-refractivity contribution is -0.128. The molecule has 1 aliphatic rings. The molecule has 0 spiro atoms. The lowest BCUT2D eigenvalue weighted by Gasteiger charge is -2.23. The first-order valence-electron chi connectivity index (χ1n) is 9.95. The van der Waals surface area contributed by atoms with E-state index >= 15 is 0 Å². The smallest absolute Gasteiger partial charge is 0.417 e. The third-order valence-electron chi connectivity index (χ3n) is 5.10. The highest BCUT2D eigenvalue weighted by atomic mass is 16.6. The van der Waals surface area contributed by atoms with Crippen molar-refractivity contribution in [1.29, 1.82) is 0 Å². The number of carbonyl (C=O) groups excluding carboxylic acids is 2. The summed E-state index contributed by atoms with van der Waals surface area (Å²) in [6.07, 6.45) is -0.0755. The van der Waals surface area contributed by atoms with E-state index in [1.165, 1.54) is 4.90 Å². The second-order valence-corrected chi connectivity index (χ2v) is 8.34. The van der Waals surface area contributed by atoms with Gasteiger partial charge in [-0.2, -0.15) is 0 Å². The van der Waals surface area contributed by atoms with E-state index in [2.05, 4.69) is 4.98 Å². The Hall–Kier alpha value is -3.35. The first kappa shape index (κ1) is 19.9. The first-order chi connectivity index (χ1) is 14.3. The van der Waals surface area contributed by atoms with Gasteiger partial charge in [0.2, 0.25) is 5.91 Å². The maximum absolute atomic E-state index is 13.1. The molecule has 1 N–H and O–H groups in total. The summed E-state index contributed by atoms with van der Waals surface area (Å²) in [6, 6.07) is 13.5. The fraction of sp³-hybridized carbons (Fsp3) is 0.348. The molecular formula is C23H25N3O4. The van der Waals surface area contributed by atoms with Crippen LogP contribution in [0.5, 0.6) is 5.75 Å². The second kappa shape index (κ2) is 7.48. The highest BCUT2D eigenvalue weighted by molar-refractivity contribution is 6.00. The van der Waals surface area contributed by atoms with E-state index in [-0.39, 0.29) is 5.91 Å². The molecule has 1 unspecified atom stereocenters. The number of carbonyl (C=O) groups is 2. The van der Waals surface area contributed by atoms with E-state index in [9.17, 15) is 9.59 Å². The molecule has 3 aromatic rings. The number of methoxy groups -OCH3 is 1. The number of H-pyrrole nitrogens is 1. The van der Waals surface area contributed by atoms with Gasteiger partial charge in [0, 0.05) is 12.1 Å². The zero-order valence-electron chi connectivity index (χ0n) is 17.6. The van der Waals surface area contributed by atoms with Crippen LogP contribution in [0.1, 0.15) is 38.7 Å². The Morgan fingerprint density at radius 1 is 1.17 bits per heavy atom. The van der Waals surface area contributed by atoms with Gasteiger partial charge < -0.3 is 14.5 Å². The van der Waals surface area contributed by atoms with Crippen molar-refractivity contribution < 1.29 is 19.1 Å². The minimum absolute atomic E-state index is 0.258. The van der Waals surface area contributed by atoms with Gasteiger partial charge in [0.05, 0.1) is 18.5 Å². The van der Waals surface area contributed by atoms with E-state index in [4.69, 9.17) is 14.5 Å². The molecule has 7 heteroatoms. The monoisotopic (exact) mass is 407 g/mol. The molecule has 1 aromatic heterocycles. The number of ether oxygens (including phenoxy) is 2. The number of fused-ring (bicyclic) bond motifs is 1. The summed E-state index contributed by atoms with van der Waals surface area (Å²) in [4.78, 5) is 34.8. The third kappa shape index (κ3) is 3.63. The average molecular weight is 407 g/mol. The number of imidazole rings is 1. The van der Waals surface area contributed by atoms with Crippen molar-refractivity contribution in [3.8, 4) is 17.1 Å². The Kier molecular flexibility index (Phi) is 4.97. The van der Waals surface area contributed by atoms with Crippen LogP contribution in [0.15, 0.2) is 42.5 Å². The molecule has 1 atom stereocenters. The number of likely N-dealkylation sites (tertiary alicyclic amines) is 1. The SMILES string of the molecule is COc1ccc(C2CCN(C(=O)OC(C)(C)C)C2=O)c2[nH]c(-c3ccccc3)nc12. The average Bonchev–Trinajstić information content (AvgIpc) is 3.31. The van der Waals surface area contributed by atoms with Crippen LogP contribution in [-0.4, -0.2) is 46.1 Å². The van der Waals surface area contributed by atoms with Crippen LogP contribution in [0.2, 0.25) is 0 Å². The number of nitrogens with zero attached hydrogens (tertiary/aromatic N) is 2. The molecule has 4 rings (SSSR count). The largest absolute Gasteiger partial charge is 0.494 e. The van der Waals surface area contributed by atoms with Crippen molar-refractivity contribution in [2.45, 2.75) is 38.7 Å². The van der Waals surface area contributed by atoms with Gasteiger partial charge in [-0.15, -0.1) is 0 Å². The highest BCUT2D eigenvalue weighted by Crippen LogP contribution is 2.37. The van der Waals surface area contributed by atoms with Gasteiger partial charge in [-0.1, -0.05) is 36.4 Å². The number of hydrogen-bond acceptors (Lipinski definition) is 5. The summed E-state index contributed by atoms with van der Waals surface area (Å²) < 4.78 is 10.9. The van der Waals surface area contributed by atoms with Crippen LogP contribution in [0.3, 0.4) is 0 Å². The molecule has 0 bridgehead atoms. The molecule has 2 aromatic carbocycles. The van der Waals surface area contributed by atoms with E-state index in [0.717, 1.165) is 16.6 Å². The number of aromatic nitrogens is 2. The topological polar surface area (TPSA) is 84.5 Å². The lowest BCUT2D eigenvalue weighted by atomic mass is 9.96. The molecule has 2 heterocycles. The summed E-state index contributed by atoms with van der Waals surface area (Å²) in [6.45, 7) is 5.68. The number of amides is 2. The third-order valence-corrected chi connectivity index (χ3v) is 5.10. The van der Waals surface area contributed by atoms with Crippen molar-refractivity contribution in [3.05, 3.63) is 48.0 Å². The van der Waals surface area contributed by atoms with Gasteiger partial charge in [0.15, 0.2) is 0 Å². The molecule has 2 amide bonds. The first-order valence-corrected chi connectivity index (χ1v) is 9.95. The van der Waals surface area contributed by atoms with Gasteiger partial charge in [-0.25, -0.2) is 14.7 Å². The molecular weight excluding hydrogens is 382 g/mol. The summed E-state index contributed by atoms with van der Waals surface area (Å²) in [5, 5.41) is 0. The quantitative estimate of drug-likeness (QED) is 0.691. The number of aromatic amines is 1. The normalized spacial score (nSPS) is 16.9. The van der Waals surface area contributed by atoms with Crippen LogP contribution >= 0.6 is 0 Å². The number of nitrogens with one attached hydrogen (secondary N) is 1. The van der Waals surface area contributed by atoms with Gasteiger partial charge in [-0.3, -0.25) is 4.79 Å². The van der Waals surface area contributed by atoms with Gasteiger partial charge in [-0.05, 0) is 38.8 Å². The van der Waals surface area contributed by atoms with E-state index in [0.29, 0.717) is 30.1 Å². The Morgan fingerprint density at radius 2 is 1.90 bits per heavy atom. The van der Waals surface area contributed by atoms with Crippen molar-refractivity contribution in [2.75, 3.05) is 13.7 Å². The molecule has 1 fully saturated rings. The predicted molar refractivity (Wildman–Crippen MR) is 113 cm³/mol. The number of rotatable bonds is 3. The minimum Gasteiger partial charge on any atom is -0.494 e. The summed E-state index contributed by atoms with van der Waals surface area (Å²) >= 11 is 0. The molecule has 0 radical (unpaired) electrons. The molecule has 1 aliphatic heterocycles. The Labute approximate surface area is 175 Å². The van der Waals surface area contributed by atoms with Gasteiger partial charge >= 0.3 is 6.09 Å². The number of benzene rings is 2. The van der Waals surface area contributed by atoms with E-state index in [1.807, 2.05) is 42.5 Å². The Bertz CT molecular complexity index is 1100. The van der Waals surface area contributed by atoms with Crippen LogP contribution in [0.25, 0.3) is 22.4 Å². The van der Waals surface area contributed by atoms with Crippen molar-refractivity contribution in [1.82, 2.24) is 14.9 Å². The minimum atomic E-state index is -0.656. The van der Waals surface area contributed by atoms with E-state index < -0.39 is 17.6 Å². The fourth-order valence-electron chi connectivity index (χ4n) is 3.74. The molecule has 30 heavy (non-hydrogen) atoms. The Balaban J connectivity index is 1.72. The summed E-state index contributed by atoms with van der Waals surface area (Å²) in [5.41, 5.74) is 2.50. The molecule has 0 aliphatic carbocycles. The van der Waals surface area contributed by atoms with Crippen LogP contribution < -0.4 is 4.74 Å². The zero-order chi connectivity index (χ0) is 21.5. The molecule has 0 saturated carbocycles. The summed E-state index contributed by atoms with van der Waals surface area (Å²) in [7, 11) is 1.59. The lowest BCUT2D eigenvalue weighted by Crippen LogP contribution is -2.38. The highest BCUT2D eigenvalue weighted by Gasteiger charge is 2.39. The summed E-state index contributed by atoms with van der Waals surface area (Å²) in [5.74, 6) is 0.619. The van der Waals surface area contributed by atoms with Crippen molar-refractivity contribution in [2.24, 2.45) is 0 Å². The maximum atomic E-state index is 13.1. The molecule has 1 saturated heterocycles. The standard InChI is InChI=1S/C23H25N3O4/c1-23(2,3)30-22(28)26-13-12-16(21(26)27)15-10-11-17(29-4)19-18(15)24-20(25-19)14-8-6-5-7-9-14/h5-11,16H,12-13H2,1-4H3,(H,24,25). The zero-order valence-corrected chi connectivity index (χ0v) is 17.6. The number of imide groups is 1. The maximum Gasteiger partial charge on any atom is 0.417 e. The number of hydrogen-bond donors (Lipinski definition) is 1. The fourth-order valence-corrected chi connectivity index (χ4v) is 3.74. The predicted octanol–water partition coefficient (Wildman–Crippen LogP) is 4.49. The van der Waals surface area contributed by atoms with Gasteiger partial charge in [0.25, 0.3) is 0 Å². The second-order valence-electron chi connectivity index (χ2n) is 8.34. The Morgan fingerprint density at radius 3 is 2.57 bits per heavy atom. The van der Waals surface area contributed by atoms with Crippen LogP contribution in [-0.2, 0) is 9.53 Å².